The molecule has 4 rings (SSSR count). The van der Waals surface area contributed by atoms with Crippen LogP contribution in [0.1, 0.15) is 69.8 Å². The van der Waals surface area contributed by atoms with Crippen molar-refractivity contribution in [2.75, 3.05) is 59.7 Å². The average molecular weight is 575 g/mol. The predicted molar refractivity (Wildman–Crippen MR) is 153 cm³/mol. The number of carbonyl (C=O) groups excluding carboxylic acids is 2. The Balaban J connectivity index is 1.58. The molecule has 0 radical (unpaired) electrons. The maximum atomic E-state index is 13.6. The number of hydrogen-bond donors (Lipinski definition) is 2. The number of amides is 2. The second-order valence-corrected chi connectivity index (χ2v) is 11.3. The maximum absolute atomic E-state index is 13.6. The highest BCUT2D eigenvalue weighted by molar-refractivity contribution is 5.79. The highest BCUT2D eigenvalue weighted by atomic mass is 16.7. The summed E-state index contributed by atoms with van der Waals surface area (Å²) in [5, 5.41) is 10.5. The molecule has 11 heteroatoms. The van der Waals surface area contributed by atoms with Gasteiger partial charge in [-0.3, -0.25) is 19.3 Å². The number of rotatable bonds is 16. The normalized spacial score (nSPS) is 22.0. The number of carbonyl (C=O) groups is 3. The van der Waals surface area contributed by atoms with E-state index in [1.807, 2.05) is 21.9 Å². The minimum absolute atomic E-state index is 0.0169. The standard InChI is InChI=1S/C30H46N4O7/c1-3-4-12-33(13-6-5-11-31)27(36)19-34-18-22(21-16-24(39-2)29-25(17-21)40-20-41-29)28(30(37)38)23(34)9-7-14-32-15-8-10-26(32)35/h16-17,22-23,28H,3-15,18-20,31H2,1-2H3,(H,37,38). The third-order valence-corrected chi connectivity index (χ3v) is 8.60. The summed E-state index contributed by atoms with van der Waals surface area (Å²) in [4.78, 5) is 44.5. The summed E-state index contributed by atoms with van der Waals surface area (Å²) in [5.41, 5.74) is 6.48. The number of likely N-dealkylation sites (tertiary alicyclic amines) is 2. The summed E-state index contributed by atoms with van der Waals surface area (Å²) in [7, 11) is 1.55. The van der Waals surface area contributed by atoms with E-state index < -0.39 is 11.9 Å². The van der Waals surface area contributed by atoms with Gasteiger partial charge in [0.05, 0.1) is 19.6 Å². The molecule has 3 atom stereocenters. The van der Waals surface area contributed by atoms with Crippen LogP contribution in [-0.4, -0.2) is 103 Å². The van der Waals surface area contributed by atoms with Crippen LogP contribution in [0.3, 0.4) is 0 Å². The molecule has 2 fully saturated rings. The van der Waals surface area contributed by atoms with Crippen LogP contribution in [0.25, 0.3) is 0 Å². The molecule has 2 saturated heterocycles. The molecule has 228 valence electrons. The molecule has 3 N–H and O–H groups in total. The monoisotopic (exact) mass is 574 g/mol. The van der Waals surface area contributed by atoms with Gasteiger partial charge in [-0.15, -0.1) is 0 Å². The first kappa shape index (κ1) is 30.9. The summed E-state index contributed by atoms with van der Waals surface area (Å²) in [6.45, 7) is 6.04. The fourth-order valence-electron chi connectivity index (χ4n) is 6.42. The molecule has 0 spiro atoms. The van der Waals surface area contributed by atoms with Crippen LogP contribution in [-0.2, 0) is 14.4 Å². The van der Waals surface area contributed by atoms with Crippen molar-refractivity contribution in [1.82, 2.24) is 14.7 Å². The van der Waals surface area contributed by atoms with E-state index >= 15 is 0 Å². The van der Waals surface area contributed by atoms with Gasteiger partial charge in [0.1, 0.15) is 0 Å². The number of carboxylic acid groups (broad SMARTS) is 1. The largest absolute Gasteiger partial charge is 0.493 e. The Morgan fingerprint density at radius 3 is 2.66 bits per heavy atom. The van der Waals surface area contributed by atoms with Crippen molar-refractivity contribution in [3.63, 3.8) is 0 Å². The van der Waals surface area contributed by atoms with E-state index in [2.05, 4.69) is 11.8 Å². The average Bonchev–Trinajstić information content (AvgIpc) is 3.69. The lowest BCUT2D eigenvalue weighted by Gasteiger charge is -2.30. The Hall–Kier alpha value is -3.05. The molecule has 0 aliphatic carbocycles. The number of hydrogen-bond acceptors (Lipinski definition) is 8. The van der Waals surface area contributed by atoms with Crippen molar-refractivity contribution >= 4 is 17.8 Å². The van der Waals surface area contributed by atoms with Crippen molar-refractivity contribution in [2.24, 2.45) is 11.7 Å². The topological polar surface area (TPSA) is 135 Å². The van der Waals surface area contributed by atoms with Gasteiger partial charge in [-0.2, -0.15) is 0 Å². The third kappa shape index (κ3) is 7.43. The van der Waals surface area contributed by atoms with Crippen LogP contribution in [0.15, 0.2) is 12.1 Å². The molecule has 1 aromatic rings. The van der Waals surface area contributed by atoms with E-state index in [9.17, 15) is 19.5 Å². The van der Waals surface area contributed by atoms with Crippen molar-refractivity contribution in [3.05, 3.63) is 17.7 Å². The Kier molecular flexibility index (Phi) is 11.1. The van der Waals surface area contributed by atoms with Gasteiger partial charge in [0.15, 0.2) is 11.5 Å². The van der Waals surface area contributed by atoms with E-state index in [4.69, 9.17) is 19.9 Å². The Morgan fingerprint density at radius 1 is 1.17 bits per heavy atom. The lowest BCUT2D eigenvalue weighted by molar-refractivity contribution is -0.144. The molecule has 0 aromatic heterocycles. The van der Waals surface area contributed by atoms with Gasteiger partial charge in [0, 0.05) is 51.1 Å². The molecule has 2 amide bonds. The van der Waals surface area contributed by atoms with Crippen LogP contribution < -0.4 is 19.9 Å². The number of fused-ring (bicyclic) bond motifs is 1. The van der Waals surface area contributed by atoms with Crippen LogP contribution in [0.2, 0.25) is 0 Å². The molecule has 3 heterocycles. The predicted octanol–water partition coefficient (Wildman–Crippen LogP) is 2.66. The van der Waals surface area contributed by atoms with Gasteiger partial charge in [-0.05, 0) is 62.8 Å². The van der Waals surface area contributed by atoms with E-state index in [0.29, 0.717) is 69.2 Å². The molecule has 41 heavy (non-hydrogen) atoms. The van der Waals surface area contributed by atoms with Gasteiger partial charge in [-0.25, -0.2) is 0 Å². The number of carboxylic acids is 1. The number of aliphatic carboxylic acids is 1. The number of unbranched alkanes of at least 4 members (excludes halogenated alkanes) is 2. The zero-order valence-electron chi connectivity index (χ0n) is 24.5. The molecule has 0 bridgehead atoms. The number of ether oxygens (including phenoxy) is 3. The fourth-order valence-corrected chi connectivity index (χ4v) is 6.42. The van der Waals surface area contributed by atoms with Gasteiger partial charge < -0.3 is 34.9 Å². The third-order valence-electron chi connectivity index (χ3n) is 8.60. The highest BCUT2D eigenvalue weighted by Crippen LogP contribution is 2.47. The first-order valence-corrected chi connectivity index (χ1v) is 15.1. The van der Waals surface area contributed by atoms with Crippen LogP contribution in [0.5, 0.6) is 17.2 Å². The number of nitrogens with two attached hydrogens (primary N) is 1. The smallest absolute Gasteiger partial charge is 0.308 e. The molecule has 3 unspecified atom stereocenters. The second kappa shape index (κ2) is 14.7. The second-order valence-electron chi connectivity index (χ2n) is 11.3. The number of methoxy groups -OCH3 is 1. The molecule has 0 saturated carbocycles. The molecule has 11 nitrogen and oxygen atoms in total. The summed E-state index contributed by atoms with van der Waals surface area (Å²) < 4.78 is 16.7. The molecule has 3 aliphatic rings. The lowest BCUT2D eigenvalue weighted by atomic mass is 9.83. The minimum atomic E-state index is -0.894. The lowest BCUT2D eigenvalue weighted by Crippen LogP contribution is -2.45. The van der Waals surface area contributed by atoms with E-state index in [1.54, 1.807) is 7.11 Å². The minimum Gasteiger partial charge on any atom is -0.493 e. The molecular formula is C30H46N4O7. The fraction of sp³-hybridized carbons (Fsp3) is 0.700. The Bertz CT molecular complexity index is 1070. The van der Waals surface area contributed by atoms with Crippen LogP contribution in [0, 0.1) is 5.92 Å². The van der Waals surface area contributed by atoms with Crippen molar-refractivity contribution in [1.29, 1.82) is 0 Å². The zero-order valence-corrected chi connectivity index (χ0v) is 24.5. The van der Waals surface area contributed by atoms with Crippen LogP contribution in [0.4, 0.5) is 0 Å². The van der Waals surface area contributed by atoms with Gasteiger partial charge in [-0.1, -0.05) is 13.3 Å². The first-order chi connectivity index (χ1) is 19.9. The summed E-state index contributed by atoms with van der Waals surface area (Å²) in [6.07, 6.45) is 6.30. The van der Waals surface area contributed by atoms with E-state index in [-0.39, 0.29) is 37.1 Å². The van der Waals surface area contributed by atoms with Crippen molar-refractivity contribution in [3.8, 4) is 17.2 Å². The number of nitrogens with zero attached hydrogens (tertiary/aromatic N) is 3. The Morgan fingerprint density at radius 2 is 1.98 bits per heavy atom. The van der Waals surface area contributed by atoms with Gasteiger partial charge in [0.2, 0.25) is 24.4 Å². The molecular weight excluding hydrogens is 528 g/mol. The summed E-state index contributed by atoms with van der Waals surface area (Å²) in [6, 6.07) is 3.32. The number of benzene rings is 1. The summed E-state index contributed by atoms with van der Waals surface area (Å²) >= 11 is 0. The highest BCUT2D eigenvalue weighted by Gasteiger charge is 2.47. The first-order valence-electron chi connectivity index (χ1n) is 15.1. The SMILES string of the molecule is CCCCN(CCCCN)C(=O)CN1CC(c2cc(OC)c3c(c2)OCO3)C(C(=O)O)C1CCCN1CCCC1=O. The van der Waals surface area contributed by atoms with E-state index in [1.165, 1.54) is 0 Å². The molecule has 1 aromatic carbocycles. The zero-order chi connectivity index (χ0) is 29.4. The maximum Gasteiger partial charge on any atom is 0.308 e. The van der Waals surface area contributed by atoms with E-state index in [0.717, 1.165) is 44.2 Å². The van der Waals surface area contributed by atoms with Crippen LogP contribution >= 0.6 is 0 Å². The van der Waals surface area contributed by atoms with Gasteiger partial charge >= 0.3 is 5.97 Å². The molecule has 3 aliphatic heterocycles. The quantitative estimate of drug-likeness (QED) is 0.286. The summed E-state index contributed by atoms with van der Waals surface area (Å²) in [5.74, 6) is -0.266. The van der Waals surface area contributed by atoms with Gasteiger partial charge in [0.25, 0.3) is 0 Å². The van der Waals surface area contributed by atoms with Crippen molar-refractivity contribution in [2.45, 2.75) is 70.3 Å². The van der Waals surface area contributed by atoms with Crippen molar-refractivity contribution < 1.29 is 33.7 Å². The Labute approximate surface area is 242 Å².